The summed E-state index contributed by atoms with van der Waals surface area (Å²) in [5.74, 6) is 0.107. The average Bonchev–Trinajstić information content (AvgIpc) is 3.22. The molecule has 1 atom stereocenters. The maximum Gasteiger partial charge on any atom is 0.226 e. The quantitative estimate of drug-likeness (QED) is 0.867. The van der Waals surface area contributed by atoms with Crippen LogP contribution in [0.15, 0.2) is 23.2 Å². The molecule has 126 valence electrons. The summed E-state index contributed by atoms with van der Waals surface area (Å²) in [4.78, 5) is 18.8. The smallest absolute Gasteiger partial charge is 0.226 e. The Bertz CT molecular complexity index is 625. The summed E-state index contributed by atoms with van der Waals surface area (Å²) in [6, 6.07) is 4.79. The molecule has 0 aromatic heterocycles. The number of amidine groups is 1. The third-order valence-corrected chi connectivity index (χ3v) is 5.16. The Morgan fingerprint density at radius 1 is 1.52 bits per heavy atom. The lowest BCUT2D eigenvalue weighted by atomic mass is 10.2. The fourth-order valence-electron chi connectivity index (χ4n) is 2.23. The van der Waals surface area contributed by atoms with Gasteiger partial charge in [0.15, 0.2) is 5.17 Å². The predicted octanol–water partition coefficient (Wildman–Crippen LogP) is 3.80. The van der Waals surface area contributed by atoms with Gasteiger partial charge in [0.1, 0.15) is 5.82 Å². The number of thioether (sulfide) groups is 1. The largest absolute Gasteiger partial charge is 0.350 e. The summed E-state index contributed by atoms with van der Waals surface area (Å²) in [6.07, 6.45) is 2.65. The van der Waals surface area contributed by atoms with Crippen molar-refractivity contribution in [2.24, 2.45) is 4.99 Å². The minimum Gasteiger partial charge on any atom is -0.350 e. The summed E-state index contributed by atoms with van der Waals surface area (Å²) in [6.45, 7) is 0. The van der Waals surface area contributed by atoms with Gasteiger partial charge in [-0.15, -0.1) is 12.4 Å². The molecule has 0 bridgehead atoms. The number of aliphatic imine (C=N–C) groups is 1. The lowest BCUT2D eigenvalue weighted by Crippen LogP contribution is -2.33. The van der Waals surface area contributed by atoms with Crippen molar-refractivity contribution in [1.82, 2.24) is 4.90 Å². The number of carbonyl (C=O) groups excluding carboxylic acids is 1. The highest BCUT2D eigenvalue weighted by atomic mass is 35.5. The maximum absolute atomic E-state index is 13.7. The zero-order chi connectivity index (χ0) is 15.7. The molecule has 1 aromatic carbocycles. The van der Waals surface area contributed by atoms with Crippen molar-refractivity contribution < 1.29 is 9.18 Å². The molecule has 2 fully saturated rings. The van der Waals surface area contributed by atoms with Crippen LogP contribution in [0.5, 0.6) is 0 Å². The SMILES string of the molecule is CN1C(=NC2CC2)SCC1CC(=O)Nc1ccc(Cl)cc1F.Cl. The van der Waals surface area contributed by atoms with E-state index < -0.39 is 5.82 Å². The fourth-order valence-corrected chi connectivity index (χ4v) is 3.65. The van der Waals surface area contributed by atoms with Crippen LogP contribution < -0.4 is 5.32 Å². The Morgan fingerprint density at radius 2 is 2.26 bits per heavy atom. The molecule has 23 heavy (non-hydrogen) atoms. The third kappa shape index (κ3) is 4.75. The normalized spacial score (nSPS) is 22.1. The summed E-state index contributed by atoms with van der Waals surface area (Å²) in [5, 5.41) is 3.93. The third-order valence-electron chi connectivity index (χ3n) is 3.72. The fraction of sp³-hybridized carbons (Fsp3) is 0.467. The van der Waals surface area contributed by atoms with E-state index in [1.807, 2.05) is 7.05 Å². The molecule has 0 radical (unpaired) electrons. The van der Waals surface area contributed by atoms with Gasteiger partial charge >= 0.3 is 0 Å². The zero-order valence-corrected chi connectivity index (χ0v) is 15.0. The highest BCUT2D eigenvalue weighted by Crippen LogP contribution is 2.30. The van der Waals surface area contributed by atoms with Crippen LogP contribution in [0.4, 0.5) is 10.1 Å². The Balaban J connectivity index is 0.00000192. The molecule has 0 spiro atoms. The van der Waals surface area contributed by atoms with Crippen molar-refractivity contribution in [2.75, 3.05) is 18.1 Å². The number of hydrogen-bond donors (Lipinski definition) is 1. The van der Waals surface area contributed by atoms with Crippen molar-refractivity contribution in [1.29, 1.82) is 0 Å². The number of anilines is 1. The molecule has 1 aromatic rings. The number of carbonyl (C=O) groups is 1. The van der Waals surface area contributed by atoms with Crippen LogP contribution in [0.25, 0.3) is 0 Å². The molecular formula is C15H18Cl2FN3OS. The predicted molar refractivity (Wildman–Crippen MR) is 96.4 cm³/mol. The second kappa shape index (κ2) is 7.73. The molecule has 1 heterocycles. The minimum absolute atomic E-state index is 0. The monoisotopic (exact) mass is 377 g/mol. The first kappa shape index (κ1) is 18.4. The van der Waals surface area contributed by atoms with Gasteiger partial charge in [0.05, 0.1) is 11.7 Å². The first-order valence-corrected chi connectivity index (χ1v) is 8.57. The van der Waals surface area contributed by atoms with Crippen LogP contribution in [0.3, 0.4) is 0 Å². The summed E-state index contributed by atoms with van der Waals surface area (Å²) in [7, 11) is 1.96. The lowest BCUT2D eigenvalue weighted by Gasteiger charge is -2.20. The van der Waals surface area contributed by atoms with E-state index in [9.17, 15) is 9.18 Å². The van der Waals surface area contributed by atoms with Crippen LogP contribution in [0.1, 0.15) is 19.3 Å². The Hall–Kier alpha value is -0.980. The first-order chi connectivity index (χ1) is 10.5. The van der Waals surface area contributed by atoms with Crippen molar-refractivity contribution in [3.63, 3.8) is 0 Å². The topological polar surface area (TPSA) is 44.7 Å². The average molecular weight is 378 g/mol. The van der Waals surface area contributed by atoms with Gasteiger partial charge in [-0.1, -0.05) is 23.4 Å². The second-order valence-corrected chi connectivity index (χ2v) is 7.02. The molecule has 1 aliphatic heterocycles. The molecule has 2 aliphatic rings. The summed E-state index contributed by atoms with van der Waals surface area (Å²) in [5.41, 5.74) is 0.162. The van der Waals surface area contributed by atoms with Gasteiger partial charge in [0.25, 0.3) is 0 Å². The Labute approximate surface area is 150 Å². The molecule has 3 rings (SSSR count). The van der Waals surface area contributed by atoms with Crippen molar-refractivity contribution in [3.8, 4) is 0 Å². The van der Waals surface area contributed by atoms with Crippen molar-refractivity contribution >= 4 is 52.5 Å². The van der Waals surface area contributed by atoms with Crippen LogP contribution >= 0.6 is 35.8 Å². The standard InChI is InChI=1S/C15H17ClFN3OS.ClH/c1-20-11(8-22-15(20)18-10-3-4-10)7-14(21)19-13-5-2-9(16)6-12(13)17;/h2,5-6,10-11H,3-4,7-8H2,1H3,(H,19,21);1H. The van der Waals surface area contributed by atoms with Crippen LogP contribution in [-0.4, -0.2) is 40.9 Å². The van der Waals surface area contributed by atoms with Gasteiger partial charge in [-0.05, 0) is 31.0 Å². The number of nitrogens with one attached hydrogen (secondary N) is 1. The van der Waals surface area contributed by atoms with E-state index in [0.717, 1.165) is 10.9 Å². The molecule has 1 unspecified atom stereocenters. The lowest BCUT2D eigenvalue weighted by molar-refractivity contribution is -0.116. The summed E-state index contributed by atoms with van der Waals surface area (Å²) >= 11 is 7.38. The molecule has 1 amide bonds. The van der Waals surface area contributed by atoms with Crippen LogP contribution in [0.2, 0.25) is 5.02 Å². The highest BCUT2D eigenvalue weighted by Gasteiger charge is 2.31. The molecule has 4 nitrogen and oxygen atoms in total. The molecule has 1 saturated heterocycles. The summed E-state index contributed by atoms with van der Waals surface area (Å²) < 4.78 is 13.7. The van der Waals surface area contributed by atoms with E-state index in [1.165, 1.54) is 25.0 Å². The van der Waals surface area contributed by atoms with E-state index in [1.54, 1.807) is 17.8 Å². The van der Waals surface area contributed by atoms with E-state index in [2.05, 4.69) is 15.2 Å². The van der Waals surface area contributed by atoms with Gasteiger partial charge in [-0.3, -0.25) is 9.79 Å². The molecule has 1 aliphatic carbocycles. The number of rotatable bonds is 4. The number of amides is 1. The van der Waals surface area contributed by atoms with Crippen LogP contribution in [-0.2, 0) is 4.79 Å². The van der Waals surface area contributed by atoms with E-state index in [4.69, 9.17) is 11.6 Å². The van der Waals surface area contributed by atoms with E-state index >= 15 is 0 Å². The zero-order valence-electron chi connectivity index (χ0n) is 12.6. The Kier molecular flexibility index (Phi) is 6.17. The molecular weight excluding hydrogens is 360 g/mol. The number of halogens is 3. The van der Waals surface area contributed by atoms with Gasteiger partial charge in [0.2, 0.25) is 5.91 Å². The number of hydrogen-bond acceptors (Lipinski definition) is 3. The van der Waals surface area contributed by atoms with E-state index in [-0.39, 0.29) is 30.0 Å². The highest BCUT2D eigenvalue weighted by molar-refractivity contribution is 8.14. The van der Waals surface area contributed by atoms with Crippen LogP contribution in [0, 0.1) is 5.82 Å². The van der Waals surface area contributed by atoms with Gasteiger partial charge in [-0.2, -0.15) is 0 Å². The second-order valence-electron chi connectivity index (χ2n) is 5.60. The van der Waals surface area contributed by atoms with Crippen molar-refractivity contribution in [3.05, 3.63) is 29.0 Å². The van der Waals surface area contributed by atoms with Gasteiger partial charge in [0, 0.05) is 30.3 Å². The Morgan fingerprint density at radius 3 is 2.91 bits per heavy atom. The van der Waals surface area contributed by atoms with Crippen molar-refractivity contribution in [2.45, 2.75) is 31.3 Å². The maximum atomic E-state index is 13.7. The number of nitrogens with zero attached hydrogens (tertiary/aromatic N) is 2. The van der Waals surface area contributed by atoms with Gasteiger partial charge < -0.3 is 10.2 Å². The number of benzene rings is 1. The van der Waals surface area contributed by atoms with Gasteiger partial charge in [-0.25, -0.2) is 4.39 Å². The molecule has 8 heteroatoms. The van der Waals surface area contributed by atoms with E-state index in [0.29, 0.717) is 17.5 Å². The molecule has 1 N–H and O–H groups in total. The first-order valence-electron chi connectivity index (χ1n) is 7.21. The minimum atomic E-state index is -0.522. The molecule has 1 saturated carbocycles.